The maximum absolute atomic E-state index is 12.7. The standard InChI is InChI=1S/C17H12N4O4S/c1-8-20-21-15(18)11(16(23)19-17(21)26-8)6-9-7-25-14-10(13(9)22)4-3-5-12(14)24-2/h3-7,18H,1-2H3. The molecule has 4 rings (SSSR count). The van der Waals surface area contributed by atoms with Crippen molar-refractivity contribution in [1.29, 1.82) is 5.41 Å². The second-order valence-electron chi connectivity index (χ2n) is 5.50. The minimum atomic E-state index is -0.594. The molecule has 1 aromatic carbocycles. The third-order valence-electron chi connectivity index (χ3n) is 3.86. The van der Waals surface area contributed by atoms with Gasteiger partial charge in [-0.25, -0.2) is 0 Å². The number of para-hydroxylation sites is 1. The fraction of sp³-hybridized carbons (Fsp3) is 0.118. The van der Waals surface area contributed by atoms with E-state index in [9.17, 15) is 9.59 Å². The van der Waals surface area contributed by atoms with Crippen molar-refractivity contribution < 1.29 is 13.9 Å². The number of hydrazone groups is 1. The predicted molar refractivity (Wildman–Crippen MR) is 99.7 cm³/mol. The Morgan fingerprint density at radius 2 is 2.15 bits per heavy atom. The Labute approximate surface area is 151 Å². The number of fused-ring (bicyclic) bond motifs is 2. The van der Waals surface area contributed by atoms with Crippen LogP contribution in [0, 0.1) is 5.41 Å². The zero-order chi connectivity index (χ0) is 18.4. The number of methoxy groups -OCH3 is 1. The molecule has 0 fully saturated rings. The summed E-state index contributed by atoms with van der Waals surface area (Å²) in [5.74, 6) is -0.285. The summed E-state index contributed by atoms with van der Waals surface area (Å²) in [5, 5.41) is 15.0. The van der Waals surface area contributed by atoms with Gasteiger partial charge in [-0.3, -0.25) is 15.0 Å². The van der Waals surface area contributed by atoms with Gasteiger partial charge in [0.1, 0.15) is 6.26 Å². The number of hydrogen-bond acceptors (Lipinski definition) is 7. The molecule has 0 bridgehead atoms. The van der Waals surface area contributed by atoms with E-state index in [0.29, 0.717) is 26.9 Å². The first-order valence-electron chi connectivity index (χ1n) is 7.55. The van der Waals surface area contributed by atoms with E-state index in [4.69, 9.17) is 14.6 Å². The normalized spacial score (nSPS) is 18.2. The van der Waals surface area contributed by atoms with Gasteiger partial charge >= 0.3 is 0 Å². The molecular formula is C17H12N4O4S. The van der Waals surface area contributed by atoms with Gasteiger partial charge in [0.2, 0.25) is 5.17 Å². The zero-order valence-electron chi connectivity index (χ0n) is 13.8. The van der Waals surface area contributed by atoms with Gasteiger partial charge in [0.15, 0.2) is 22.6 Å². The van der Waals surface area contributed by atoms with Gasteiger partial charge in [0.25, 0.3) is 5.91 Å². The van der Waals surface area contributed by atoms with Crippen molar-refractivity contribution in [2.45, 2.75) is 6.92 Å². The van der Waals surface area contributed by atoms with E-state index in [0.717, 1.165) is 0 Å². The van der Waals surface area contributed by atoms with E-state index >= 15 is 0 Å². The smallest absolute Gasteiger partial charge is 0.283 e. The lowest BCUT2D eigenvalue weighted by Gasteiger charge is -2.20. The van der Waals surface area contributed by atoms with Crippen LogP contribution < -0.4 is 10.2 Å². The first-order chi connectivity index (χ1) is 12.5. The lowest BCUT2D eigenvalue weighted by atomic mass is 10.1. The van der Waals surface area contributed by atoms with Gasteiger partial charge in [-0.15, -0.1) is 0 Å². The van der Waals surface area contributed by atoms with Crippen LogP contribution >= 0.6 is 11.8 Å². The van der Waals surface area contributed by atoms with Gasteiger partial charge in [-0.1, -0.05) is 6.07 Å². The summed E-state index contributed by atoms with van der Waals surface area (Å²) >= 11 is 1.22. The highest BCUT2D eigenvalue weighted by Gasteiger charge is 2.34. The first kappa shape index (κ1) is 16.3. The third kappa shape index (κ3) is 2.44. The number of thioether (sulfide) groups is 1. The Morgan fingerprint density at radius 1 is 1.35 bits per heavy atom. The number of carbonyl (C=O) groups excluding carboxylic acids is 1. The predicted octanol–water partition coefficient (Wildman–Crippen LogP) is 2.44. The number of ether oxygens (including phenoxy) is 1. The molecule has 1 amide bonds. The summed E-state index contributed by atoms with van der Waals surface area (Å²) in [6.07, 6.45) is 2.55. The van der Waals surface area contributed by atoms with Crippen molar-refractivity contribution in [1.82, 2.24) is 5.01 Å². The van der Waals surface area contributed by atoms with Crippen LogP contribution in [0.4, 0.5) is 0 Å². The summed E-state index contributed by atoms with van der Waals surface area (Å²) in [5.41, 5.74) is 0.111. The van der Waals surface area contributed by atoms with Gasteiger partial charge in [-0.05, 0) is 36.9 Å². The Kier molecular flexibility index (Phi) is 3.73. The van der Waals surface area contributed by atoms with Crippen LogP contribution in [-0.4, -0.2) is 34.1 Å². The number of aliphatic imine (C=N–C) groups is 1. The lowest BCUT2D eigenvalue weighted by Crippen LogP contribution is -2.35. The van der Waals surface area contributed by atoms with Gasteiger partial charge in [-0.2, -0.15) is 15.1 Å². The van der Waals surface area contributed by atoms with Crippen LogP contribution in [-0.2, 0) is 4.79 Å². The van der Waals surface area contributed by atoms with Crippen LogP contribution in [0.2, 0.25) is 0 Å². The van der Waals surface area contributed by atoms with E-state index in [-0.39, 0.29) is 22.4 Å². The maximum Gasteiger partial charge on any atom is 0.283 e. The highest BCUT2D eigenvalue weighted by atomic mass is 32.2. The van der Waals surface area contributed by atoms with E-state index in [2.05, 4.69) is 10.1 Å². The number of amidine groups is 2. The number of amides is 1. The number of hydrogen-bond donors (Lipinski definition) is 1. The SMILES string of the molecule is COc1cccc2c(=O)c(C=C3C(=N)N4N=C(C)SC4=NC3=O)coc12. The van der Waals surface area contributed by atoms with E-state index in [1.165, 1.54) is 36.2 Å². The molecule has 2 aliphatic heterocycles. The van der Waals surface area contributed by atoms with Gasteiger partial charge in [0, 0.05) is 0 Å². The molecule has 2 aliphatic rings. The molecule has 0 aliphatic carbocycles. The van der Waals surface area contributed by atoms with E-state index in [1.807, 2.05) is 0 Å². The average molecular weight is 368 g/mol. The number of benzene rings is 1. The van der Waals surface area contributed by atoms with Crippen LogP contribution in [0.5, 0.6) is 5.75 Å². The quantitative estimate of drug-likeness (QED) is 0.816. The molecule has 3 heterocycles. The van der Waals surface area contributed by atoms with Crippen molar-refractivity contribution in [2.75, 3.05) is 7.11 Å². The van der Waals surface area contributed by atoms with Gasteiger partial charge in [0.05, 0.1) is 28.7 Å². The van der Waals surface area contributed by atoms with Crippen LogP contribution in [0.1, 0.15) is 12.5 Å². The monoisotopic (exact) mass is 368 g/mol. The second kappa shape index (κ2) is 5.95. The Morgan fingerprint density at radius 3 is 2.92 bits per heavy atom. The molecule has 1 aromatic heterocycles. The summed E-state index contributed by atoms with van der Waals surface area (Å²) in [6, 6.07) is 4.98. The minimum absolute atomic E-state index is 0.0256. The van der Waals surface area contributed by atoms with Gasteiger partial charge < -0.3 is 9.15 Å². The van der Waals surface area contributed by atoms with Crippen LogP contribution in [0.15, 0.2) is 49.3 Å². The Hall–Kier alpha value is -3.20. The molecule has 9 heteroatoms. The fourth-order valence-electron chi connectivity index (χ4n) is 2.65. The number of rotatable bonds is 2. The van der Waals surface area contributed by atoms with Crippen molar-refractivity contribution in [3.63, 3.8) is 0 Å². The first-order valence-corrected chi connectivity index (χ1v) is 8.36. The fourth-order valence-corrected chi connectivity index (χ4v) is 3.39. The summed E-state index contributed by atoms with van der Waals surface area (Å²) in [4.78, 5) is 29.0. The molecule has 0 spiro atoms. The molecule has 130 valence electrons. The van der Waals surface area contributed by atoms with E-state index in [1.54, 1.807) is 25.1 Å². The average Bonchev–Trinajstić information content (AvgIpc) is 3.00. The lowest BCUT2D eigenvalue weighted by molar-refractivity contribution is -0.114. The minimum Gasteiger partial charge on any atom is -0.493 e. The highest BCUT2D eigenvalue weighted by molar-refractivity contribution is 8.26. The molecule has 26 heavy (non-hydrogen) atoms. The Balaban J connectivity index is 1.84. The topological polar surface area (TPSA) is 108 Å². The second-order valence-corrected chi connectivity index (χ2v) is 6.66. The molecule has 0 saturated carbocycles. The summed E-state index contributed by atoms with van der Waals surface area (Å²) in [6.45, 7) is 1.76. The number of nitrogens with zero attached hydrogens (tertiary/aromatic N) is 3. The van der Waals surface area contributed by atoms with Crippen molar-refractivity contribution in [3.05, 3.63) is 45.8 Å². The van der Waals surface area contributed by atoms with E-state index < -0.39 is 5.91 Å². The van der Waals surface area contributed by atoms with Crippen LogP contribution in [0.3, 0.4) is 0 Å². The molecule has 2 aromatic rings. The van der Waals surface area contributed by atoms with Crippen molar-refractivity contribution >= 4 is 50.8 Å². The molecule has 0 unspecified atom stereocenters. The van der Waals surface area contributed by atoms with Crippen molar-refractivity contribution in [2.24, 2.45) is 10.1 Å². The summed E-state index contributed by atoms with van der Waals surface area (Å²) in [7, 11) is 1.48. The molecule has 0 radical (unpaired) electrons. The highest BCUT2D eigenvalue weighted by Crippen LogP contribution is 2.28. The molecule has 1 N–H and O–H groups in total. The zero-order valence-corrected chi connectivity index (χ0v) is 14.6. The van der Waals surface area contributed by atoms with Crippen LogP contribution in [0.25, 0.3) is 17.0 Å². The number of nitrogens with one attached hydrogen (secondary N) is 1. The molecule has 0 saturated heterocycles. The summed E-state index contributed by atoms with van der Waals surface area (Å²) < 4.78 is 10.7. The molecule has 8 nitrogen and oxygen atoms in total. The molecule has 0 atom stereocenters. The third-order valence-corrected chi connectivity index (χ3v) is 4.69. The Bertz CT molecular complexity index is 1130. The largest absolute Gasteiger partial charge is 0.493 e. The maximum atomic E-state index is 12.7. The molecular weight excluding hydrogens is 356 g/mol. The van der Waals surface area contributed by atoms with Crippen molar-refractivity contribution in [3.8, 4) is 5.75 Å². The number of carbonyl (C=O) groups is 1.